The number of ether oxygens (including phenoxy) is 1. The molecular formula is C12H12N2O3. The lowest BCUT2D eigenvalue weighted by molar-refractivity contribution is 0.0678. The van der Waals surface area contributed by atoms with Gasteiger partial charge in [-0.3, -0.25) is 0 Å². The molecule has 0 saturated heterocycles. The summed E-state index contributed by atoms with van der Waals surface area (Å²) in [6.45, 7) is 0.422. The number of carboxylic acid groups (broad SMARTS) is 1. The fourth-order valence-electron chi connectivity index (χ4n) is 1.65. The first-order valence-corrected chi connectivity index (χ1v) is 5.08. The van der Waals surface area contributed by atoms with Crippen LogP contribution in [0, 0.1) is 0 Å². The number of carbonyl (C=O) groups is 1. The van der Waals surface area contributed by atoms with Crippen LogP contribution in [0.1, 0.15) is 16.2 Å². The van der Waals surface area contributed by atoms with E-state index in [0.29, 0.717) is 6.54 Å². The first-order valence-electron chi connectivity index (χ1n) is 5.08. The van der Waals surface area contributed by atoms with Crippen LogP contribution in [0.3, 0.4) is 0 Å². The molecular weight excluding hydrogens is 220 g/mol. The van der Waals surface area contributed by atoms with E-state index in [-0.39, 0.29) is 5.82 Å². The molecule has 0 saturated carbocycles. The van der Waals surface area contributed by atoms with Gasteiger partial charge in [0.1, 0.15) is 5.75 Å². The molecule has 2 aromatic rings. The van der Waals surface area contributed by atoms with E-state index < -0.39 is 5.97 Å². The van der Waals surface area contributed by atoms with Crippen molar-refractivity contribution in [2.45, 2.75) is 6.54 Å². The molecule has 0 amide bonds. The third-order valence-electron chi connectivity index (χ3n) is 2.44. The Morgan fingerprint density at radius 1 is 1.47 bits per heavy atom. The largest absolute Gasteiger partial charge is 0.496 e. The molecule has 2 rings (SSSR count). The van der Waals surface area contributed by atoms with Gasteiger partial charge in [-0.05, 0) is 6.07 Å². The summed E-state index contributed by atoms with van der Waals surface area (Å²) < 4.78 is 6.78. The zero-order valence-electron chi connectivity index (χ0n) is 9.33. The molecule has 0 spiro atoms. The Hall–Kier alpha value is -2.30. The molecule has 0 atom stereocenters. The Morgan fingerprint density at radius 2 is 2.24 bits per heavy atom. The Labute approximate surface area is 98.3 Å². The zero-order valence-corrected chi connectivity index (χ0v) is 9.33. The third-order valence-corrected chi connectivity index (χ3v) is 2.44. The van der Waals surface area contributed by atoms with Crippen molar-refractivity contribution in [3.05, 3.63) is 48.0 Å². The van der Waals surface area contributed by atoms with Crippen molar-refractivity contribution < 1.29 is 14.6 Å². The normalized spacial score (nSPS) is 10.2. The monoisotopic (exact) mass is 232 g/mol. The molecule has 1 heterocycles. The van der Waals surface area contributed by atoms with Gasteiger partial charge in [0.05, 0.1) is 13.7 Å². The van der Waals surface area contributed by atoms with Gasteiger partial charge in [0, 0.05) is 18.0 Å². The number of hydrogen-bond acceptors (Lipinski definition) is 3. The van der Waals surface area contributed by atoms with E-state index in [1.54, 1.807) is 17.9 Å². The van der Waals surface area contributed by atoms with Crippen molar-refractivity contribution in [3.63, 3.8) is 0 Å². The summed E-state index contributed by atoms with van der Waals surface area (Å²) in [5.41, 5.74) is 0.913. The summed E-state index contributed by atoms with van der Waals surface area (Å²) in [6, 6.07) is 7.49. The maximum atomic E-state index is 10.9. The number of nitrogens with zero attached hydrogens (tertiary/aromatic N) is 2. The van der Waals surface area contributed by atoms with Gasteiger partial charge in [0.15, 0.2) is 0 Å². The molecule has 0 fully saturated rings. The molecule has 5 heteroatoms. The van der Waals surface area contributed by atoms with Gasteiger partial charge in [0.2, 0.25) is 5.82 Å². The molecule has 5 nitrogen and oxygen atoms in total. The van der Waals surface area contributed by atoms with Crippen molar-refractivity contribution in [2.24, 2.45) is 0 Å². The molecule has 1 aromatic carbocycles. The first-order chi connectivity index (χ1) is 8.22. The maximum Gasteiger partial charge on any atom is 0.372 e. The van der Waals surface area contributed by atoms with Gasteiger partial charge in [-0.2, -0.15) is 0 Å². The number of aromatic carboxylic acids is 1. The first kappa shape index (κ1) is 11.2. The number of hydrogen-bond donors (Lipinski definition) is 1. The van der Waals surface area contributed by atoms with Gasteiger partial charge in [-0.25, -0.2) is 9.78 Å². The van der Waals surface area contributed by atoms with Gasteiger partial charge in [0.25, 0.3) is 0 Å². The number of rotatable bonds is 4. The topological polar surface area (TPSA) is 64.4 Å². The van der Waals surface area contributed by atoms with Crippen molar-refractivity contribution in [3.8, 4) is 5.75 Å². The van der Waals surface area contributed by atoms with Crippen LogP contribution < -0.4 is 4.74 Å². The number of imidazole rings is 1. The van der Waals surface area contributed by atoms with E-state index in [2.05, 4.69) is 4.98 Å². The van der Waals surface area contributed by atoms with Gasteiger partial charge in [-0.1, -0.05) is 18.2 Å². The zero-order chi connectivity index (χ0) is 12.3. The van der Waals surface area contributed by atoms with Crippen molar-refractivity contribution in [1.29, 1.82) is 0 Å². The predicted molar refractivity (Wildman–Crippen MR) is 61.3 cm³/mol. The second-order valence-corrected chi connectivity index (χ2v) is 3.50. The van der Waals surface area contributed by atoms with E-state index in [0.717, 1.165) is 11.3 Å². The van der Waals surface area contributed by atoms with Crippen LogP contribution in [0.2, 0.25) is 0 Å². The van der Waals surface area contributed by atoms with Crippen LogP contribution in [0.25, 0.3) is 0 Å². The lowest BCUT2D eigenvalue weighted by atomic mass is 10.2. The SMILES string of the molecule is COc1ccccc1Cn1ccnc1C(=O)O. The van der Waals surface area contributed by atoms with Gasteiger partial charge < -0.3 is 14.4 Å². The van der Waals surface area contributed by atoms with E-state index in [9.17, 15) is 4.79 Å². The summed E-state index contributed by atoms with van der Waals surface area (Å²) in [5.74, 6) is -0.279. The summed E-state index contributed by atoms with van der Waals surface area (Å²) in [7, 11) is 1.59. The highest BCUT2D eigenvalue weighted by Gasteiger charge is 2.12. The quantitative estimate of drug-likeness (QED) is 0.870. The summed E-state index contributed by atoms with van der Waals surface area (Å²) in [4.78, 5) is 14.7. The smallest absolute Gasteiger partial charge is 0.372 e. The minimum atomic E-state index is -1.04. The molecule has 0 radical (unpaired) electrons. The lowest BCUT2D eigenvalue weighted by Gasteiger charge is -2.09. The minimum absolute atomic E-state index is 0.0240. The number of para-hydroxylation sites is 1. The second kappa shape index (κ2) is 4.69. The average molecular weight is 232 g/mol. The molecule has 0 aliphatic heterocycles. The predicted octanol–water partition coefficient (Wildman–Crippen LogP) is 1.64. The number of aromatic nitrogens is 2. The van der Waals surface area contributed by atoms with Crippen molar-refractivity contribution >= 4 is 5.97 Å². The van der Waals surface area contributed by atoms with Crippen LogP contribution >= 0.6 is 0 Å². The third kappa shape index (κ3) is 2.28. The van der Waals surface area contributed by atoms with Crippen molar-refractivity contribution in [2.75, 3.05) is 7.11 Å². The summed E-state index contributed by atoms with van der Waals surface area (Å²) >= 11 is 0. The number of carboxylic acids is 1. The maximum absolute atomic E-state index is 10.9. The second-order valence-electron chi connectivity index (χ2n) is 3.50. The number of benzene rings is 1. The van der Waals surface area contributed by atoms with E-state index in [1.807, 2.05) is 24.3 Å². The molecule has 88 valence electrons. The van der Waals surface area contributed by atoms with Crippen LogP contribution in [-0.4, -0.2) is 27.7 Å². The van der Waals surface area contributed by atoms with Crippen molar-refractivity contribution in [1.82, 2.24) is 9.55 Å². The fourth-order valence-corrected chi connectivity index (χ4v) is 1.65. The molecule has 0 bridgehead atoms. The van der Waals surface area contributed by atoms with E-state index in [4.69, 9.17) is 9.84 Å². The van der Waals surface area contributed by atoms with Crippen LogP contribution in [0.4, 0.5) is 0 Å². The Morgan fingerprint density at radius 3 is 2.94 bits per heavy atom. The van der Waals surface area contributed by atoms with E-state index in [1.165, 1.54) is 6.20 Å². The van der Waals surface area contributed by atoms with Crippen LogP contribution in [-0.2, 0) is 6.54 Å². The van der Waals surface area contributed by atoms with Crippen LogP contribution in [0.5, 0.6) is 5.75 Å². The minimum Gasteiger partial charge on any atom is -0.496 e. The molecule has 17 heavy (non-hydrogen) atoms. The Bertz CT molecular complexity index is 534. The molecule has 0 aliphatic carbocycles. The molecule has 0 aliphatic rings. The highest BCUT2D eigenvalue weighted by atomic mass is 16.5. The summed E-state index contributed by atoms with van der Waals surface area (Å²) in [6.07, 6.45) is 3.11. The Kier molecular flexibility index (Phi) is 3.09. The Balaban J connectivity index is 2.31. The highest BCUT2D eigenvalue weighted by Crippen LogP contribution is 2.18. The number of methoxy groups -OCH3 is 1. The molecule has 1 N–H and O–H groups in total. The summed E-state index contributed by atoms with van der Waals surface area (Å²) in [5, 5.41) is 8.94. The fraction of sp³-hybridized carbons (Fsp3) is 0.167. The van der Waals surface area contributed by atoms with Gasteiger partial charge in [-0.15, -0.1) is 0 Å². The average Bonchev–Trinajstić information content (AvgIpc) is 2.78. The lowest BCUT2D eigenvalue weighted by Crippen LogP contribution is -2.10. The molecule has 1 aromatic heterocycles. The van der Waals surface area contributed by atoms with Crippen LogP contribution in [0.15, 0.2) is 36.7 Å². The molecule has 0 unspecified atom stereocenters. The highest BCUT2D eigenvalue weighted by molar-refractivity contribution is 5.83. The van der Waals surface area contributed by atoms with Gasteiger partial charge >= 0.3 is 5.97 Å². The standard InChI is InChI=1S/C12H12N2O3/c1-17-10-5-3-2-4-9(10)8-14-7-6-13-11(14)12(15)16/h2-7H,8H2,1H3,(H,15,16). The van der Waals surface area contributed by atoms with E-state index >= 15 is 0 Å².